The van der Waals surface area contributed by atoms with E-state index in [-0.39, 0.29) is 23.2 Å². The van der Waals surface area contributed by atoms with Crippen LogP contribution in [0.2, 0.25) is 0 Å². The summed E-state index contributed by atoms with van der Waals surface area (Å²) in [6, 6.07) is 8.15. The number of aliphatic hydroxyl groups excluding tert-OH is 1. The number of aryl methyl sites for hydroxylation is 1. The molecule has 2 rings (SSSR count). The van der Waals surface area contributed by atoms with Crippen molar-refractivity contribution >= 4 is 34.3 Å². The number of aliphatic carboxylic acids is 1. The minimum Gasteiger partial charge on any atom is -0.480 e. The van der Waals surface area contributed by atoms with Crippen molar-refractivity contribution < 1.29 is 24.6 Å². The predicted octanol–water partition coefficient (Wildman–Crippen LogP) is 0.890. The number of benzene rings is 1. The number of carboxylic acids is 1. The van der Waals surface area contributed by atoms with Crippen molar-refractivity contribution in [3.05, 3.63) is 47.0 Å². The third kappa shape index (κ3) is 5.66. The zero-order valence-electron chi connectivity index (χ0n) is 13.1. The molecule has 0 saturated heterocycles. The van der Waals surface area contributed by atoms with E-state index in [4.69, 9.17) is 10.2 Å². The maximum atomic E-state index is 11.9. The van der Waals surface area contributed by atoms with Crippen LogP contribution in [-0.4, -0.2) is 45.6 Å². The van der Waals surface area contributed by atoms with Gasteiger partial charge in [-0.25, -0.2) is 9.78 Å². The quantitative estimate of drug-likeness (QED) is 0.551. The molecule has 25 heavy (non-hydrogen) atoms. The third-order valence-electron chi connectivity index (χ3n) is 3.25. The van der Waals surface area contributed by atoms with E-state index in [1.165, 1.54) is 5.38 Å². The maximum Gasteiger partial charge on any atom is 0.328 e. The molecule has 1 unspecified atom stereocenters. The lowest BCUT2D eigenvalue weighted by atomic mass is 10.1. The van der Waals surface area contributed by atoms with Crippen LogP contribution in [0.25, 0.3) is 0 Å². The lowest BCUT2D eigenvalue weighted by molar-refractivity contribution is -0.140. The zero-order chi connectivity index (χ0) is 18.2. The first-order chi connectivity index (χ1) is 12.0. The fourth-order valence-electron chi connectivity index (χ4n) is 1.94. The molecule has 132 valence electrons. The molecule has 0 aliphatic rings. The number of aromatic nitrogens is 1. The van der Waals surface area contributed by atoms with E-state index in [1.807, 2.05) is 30.3 Å². The van der Waals surface area contributed by atoms with Crippen LogP contribution in [0.1, 0.15) is 22.5 Å². The van der Waals surface area contributed by atoms with Crippen molar-refractivity contribution in [2.75, 3.05) is 11.9 Å². The van der Waals surface area contributed by atoms with Gasteiger partial charge in [-0.05, 0) is 12.0 Å². The fraction of sp³-hybridized carbons (Fsp3) is 0.250. The Morgan fingerprint density at radius 1 is 1.20 bits per heavy atom. The number of nitrogens with one attached hydrogen (secondary N) is 2. The number of thiazole rings is 1. The molecule has 0 aliphatic heterocycles. The molecule has 2 aromatic rings. The average molecular weight is 363 g/mol. The second-order valence-corrected chi connectivity index (χ2v) is 5.98. The number of aliphatic hydroxyl groups is 1. The number of anilines is 1. The number of hydrogen-bond donors (Lipinski definition) is 4. The van der Waals surface area contributed by atoms with Crippen LogP contribution in [0.3, 0.4) is 0 Å². The number of rotatable bonds is 8. The molecule has 2 amide bonds. The minimum absolute atomic E-state index is 0.0249. The van der Waals surface area contributed by atoms with E-state index in [0.29, 0.717) is 6.42 Å². The SMILES string of the molecule is O=C(CCc1ccccc1)Nc1nc(C(=O)NC(CO)C(=O)O)cs1. The van der Waals surface area contributed by atoms with Crippen LogP contribution in [0.4, 0.5) is 5.13 Å². The molecule has 4 N–H and O–H groups in total. The highest BCUT2D eigenvalue weighted by Crippen LogP contribution is 2.16. The molecule has 0 spiro atoms. The summed E-state index contributed by atoms with van der Waals surface area (Å²) in [4.78, 5) is 38.5. The van der Waals surface area contributed by atoms with E-state index in [2.05, 4.69) is 15.6 Å². The molecule has 1 aromatic carbocycles. The van der Waals surface area contributed by atoms with Gasteiger partial charge >= 0.3 is 5.97 Å². The van der Waals surface area contributed by atoms with Crippen molar-refractivity contribution in [2.24, 2.45) is 0 Å². The summed E-state index contributed by atoms with van der Waals surface area (Å²) in [6.45, 7) is -0.728. The average Bonchev–Trinajstić information content (AvgIpc) is 3.07. The van der Waals surface area contributed by atoms with Gasteiger partial charge in [-0.15, -0.1) is 11.3 Å². The van der Waals surface area contributed by atoms with Gasteiger partial charge in [0.15, 0.2) is 11.2 Å². The molecule has 0 saturated carbocycles. The molecule has 0 radical (unpaired) electrons. The van der Waals surface area contributed by atoms with Crippen LogP contribution >= 0.6 is 11.3 Å². The summed E-state index contributed by atoms with van der Waals surface area (Å²) in [5, 5.41) is 24.1. The van der Waals surface area contributed by atoms with Gasteiger partial charge in [0.25, 0.3) is 5.91 Å². The number of carbonyl (C=O) groups excluding carboxylic acids is 2. The molecule has 0 aliphatic carbocycles. The molecule has 9 heteroatoms. The number of amides is 2. The first-order valence-electron chi connectivity index (χ1n) is 7.43. The summed E-state index contributed by atoms with van der Waals surface area (Å²) < 4.78 is 0. The first-order valence-corrected chi connectivity index (χ1v) is 8.31. The van der Waals surface area contributed by atoms with Crippen molar-refractivity contribution in [3.63, 3.8) is 0 Å². The summed E-state index contributed by atoms with van der Waals surface area (Å²) >= 11 is 1.06. The number of carboxylic acid groups (broad SMARTS) is 1. The van der Waals surface area contributed by atoms with Crippen LogP contribution < -0.4 is 10.6 Å². The van der Waals surface area contributed by atoms with Crippen LogP contribution in [0, 0.1) is 0 Å². The molecular weight excluding hydrogens is 346 g/mol. The highest BCUT2D eigenvalue weighted by atomic mass is 32.1. The van der Waals surface area contributed by atoms with E-state index in [1.54, 1.807) is 0 Å². The van der Waals surface area contributed by atoms with E-state index in [9.17, 15) is 14.4 Å². The van der Waals surface area contributed by atoms with Gasteiger partial charge in [-0.2, -0.15) is 0 Å². The summed E-state index contributed by atoms with van der Waals surface area (Å²) in [7, 11) is 0. The number of hydrogen-bond acceptors (Lipinski definition) is 6. The van der Waals surface area contributed by atoms with Gasteiger partial charge in [-0.1, -0.05) is 30.3 Å². The Balaban J connectivity index is 1.87. The highest BCUT2D eigenvalue weighted by Gasteiger charge is 2.21. The summed E-state index contributed by atoms with van der Waals surface area (Å²) in [5.41, 5.74) is 1.02. The lowest BCUT2D eigenvalue weighted by Gasteiger charge is -2.09. The van der Waals surface area contributed by atoms with Gasteiger partial charge in [0.2, 0.25) is 5.91 Å². The van der Waals surface area contributed by atoms with Gasteiger partial charge < -0.3 is 20.8 Å². The standard InChI is InChI=1S/C16H17N3O5S/c20-8-11(15(23)24)17-14(22)12-9-25-16(18-12)19-13(21)7-6-10-4-2-1-3-5-10/h1-5,9,11,20H,6-8H2,(H,17,22)(H,23,24)(H,18,19,21). The van der Waals surface area contributed by atoms with Crippen LogP contribution in [0.5, 0.6) is 0 Å². The Morgan fingerprint density at radius 3 is 2.56 bits per heavy atom. The van der Waals surface area contributed by atoms with E-state index >= 15 is 0 Å². The summed E-state index contributed by atoms with van der Waals surface area (Å²) in [6.07, 6.45) is 0.860. The largest absolute Gasteiger partial charge is 0.480 e. The van der Waals surface area contributed by atoms with Gasteiger partial charge in [0, 0.05) is 11.8 Å². The van der Waals surface area contributed by atoms with Crippen LogP contribution in [-0.2, 0) is 16.0 Å². The van der Waals surface area contributed by atoms with Crippen molar-refractivity contribution in [1.29, 1.82) is 0 Å². The fourth-order valence-corrected chi connectivity index (χ4v) is 2.64. The Morgan fingerprint density at radius 2 is 1.92 bits per heavy atom. The Labute approximate surface area is 147 Å². The molecular formula is C16H17N3O5S. The van der Waals surface area contributed by atoms with Crippen molar-refractivity contribution in [2.45, 2.75) is 18.9 Å². The Bertz CT molecular complexity index is 747. The highest BCUT2D eigenvalue weighted by molar-refractivity contribution is 7.14. The summed E-state index contributed by atoms with van der Waals surface area (Å²) in [5.74, 6) is -2.31. The van der Waals surface area contributed by atoms with Gasteiger partial charge in [0.1, 0.15) is 5.69 Å². The van der Waals surface area contributed by atoms with Crippen LogP contribution in [0.15, 0.2) is 35.7 Å². The zero-order valence-corrected chi connectivity index (χ0v) is 14.0. The molecule has 8 nitrogen and oxygen atoms in total. The topological polar surface area (TPSA) is 129 Å². The molecule has 1 heterocycles. The normalized spacial score (nSPS) is 11.6. The smallest absolute Gasteiger partial charge is 0.328 e. The lowest BCUT2D eigenvalue weighted by Crippen LogP contribution is -2.43. The maximum absolute atomic E-state index is 11.9. The Hall–Kier alpha value is -2.78. The predicted molar refractivity (Wildman–Crippen MR) is 91.5 cm³/mol. The molecule has 1 atom stereocenters. The molecule has 0 bridgehead atoms. The van der Waals surface area contributed by atoms with Crippen molar-refractivity contribution in [1.82, 2.24) is 10.3 Å². The second kappa shape index (κ2) is 8.90. The van der Waals surface area contributed by atoms with Crippen molar-refractivity contribution in [3.8, 4) is 0 Å². The third-order valence-corrected chi connectivity index (χ3v) is 4.01. The van der Waals surface area contributed by atoms with Gasteiger partial charge in [0.05, 0.1) is 6.61 Å². The first kappa shape index (κ1) is 18.6. The monoisotopic (exact) mass is 363 g/mol. The molecule has 1 aromatic heterocycles. The van der Waals surface area contributed by atoms with Gasteiger partial charge in [-0.3, -0.25) is 9.59 Å². The molecule has 0 fully saturated rings. The Kier molecular flexibility index (Phi) is 6.61. The number of carbonyl (C=O) groups is 3. The van der Waals surface area contributed by atoms with E-state index in [0.717, 1.165) is 16.9 Å². The van der Waals surface area contributed by atoms with E-state index < -0.39 is 24.5 Å². The second-order valence-electron chi connectivity index (χ2n) is 5.12. The number of nitrogens with zero attached hydrogens (tertiary/aromatic N) is 1. The minimum atomic E-state index is -1.40.